The van der Waals surface area contributed by atoms with Gasteiger partial charge in [-0.2, -0.15) is 0 Å². The number of nitrogen functional groups attached to an aromatic ring is 2. The van der Waals surface area contributed by atoms with Crippen LogP contribution >= 0.6 is 0 Å². The molecular formula is C32H26N2O2. The molecule has 4 N–H and O–H groups in total. The van der Waals surface area contributed by atoms with Crippen LogP contribution in [0.1, 0.15) is 11.1 Å². The van der Waals surface area contributed by atoms with Crippen molar-refractivity contribution >= 4 is 23.5 Å². The highest BCUT2D eigenvalue weighted by Gasteiger charge is 1.99. The Balaban J connectivity index is 1.24. The zero-order valence-electron chi connectivity index (χ0n) is 19.7. The Morgan fingerprint density at radius 2 is 0.639 bits per heavy atom. The van der Waals surface area contributed by atoms with Crippen LogP contribution in [-0.4, -0.2) is 0 Å². The first-order valence-electron chi connectivity index (χ1n) is 11.7. The molecule has 5 aromatic rings. The summed E-state index contributed by atoms with van der Waals surface area (Å²) < 4.78 is 11.7. The first-order valence-corrected chi connectivity index (χ1v) is 11.7. The van der Waals surface area contributed by atoms with E-state index >= 15 is 0 Å². The van der Waals surface area contributed by atoms with Gasteiger partial charge in [-0.15, -0.1) is 0 Å². The summed E-state index contributed by atoms with van der Waals surface area (Å²) in [6.45, 7) is 0. The Labute approximate surface area is 210 Å². The second kappa shape index (κ2) is 10.5. The first-order chi connectivity index (χ1) is 17.6. The van der Waals surface area contributed by atoms with Gasteiger partial charge in [-0.05, 0) is 107 Å². The van der Waals surface area contributed by atoms with Gasteiger partial charge in [-0.1, -0.05) is 48.5 Å². The van der Waals surface area contributed by atoms with Crippen molar-refractivity contribution in [2.75, 3.05) is 11.5 Å². The van der Waals surface area contributed by atoms with Gasteiger partial charge in [0.2, 0.25) is 0 Å². The highest BCUT2D eigenvalue weighted by Crippen LogP contribution is 2.24. The van der Waals surface area contributed by atoms with Gasteiger partial charge >= 0.3 is 0 Å². The average Bonchev–Trinajstić information content (AvgIpc) is 2.90. The monoisotopic (exact) mass is 470 g/mol. The van der Waals surface area contributed by atoms with E-state index in [0.29, 0.717) is 11.4 Å². The number of anilines is 2. The third kappa shape index (κ3) is 6.13. The predicted octanol–water partition coefficient (Wildman–Crippen LogP) is 6.09. The van der Waals surface area contributed by atoms with Crippen molar-refractivity contribution < 1.29 is 9.47 Å². The van der Waals surface area contributed by atoms with Gasteiger partial charge < -0.3 is 20.9 Å². The second-order valence-corrected chi connectivity index (χ2v) is 8.44. The topological polar surface area (TPSA) is 70.5 Å². The summed E-state index contributed by atoms with van der Waals surface area (Å²) in [5.41, 5.74) is 15.1. The second-order valence-electron chi connectivity index (χ2n) is 8.44. The molecule has 5 rings (SSSR count). The van der Waals surface area contributed by atoms with E-state index in [0.717, 1.165) is 44.6 Å². The van der Waals surface area contributed by atoms with E-state index in [4.69, 9.17) is 20.9 Å². The van der Waals surface area contributed by atoms with Gasteiger partial charge in [0.1, 0.15) is 23.0 Å². The Bertz CT molecular complexity index is 1410. The van der Waals surface area contributed by atoms with Crippen molar-refractivity contribution in [2.24, 2.45) is 0 Å². The van der Waals surface area contributed by atoms with E-state index in [1.807, 2.05) is 97.1 Å². The number of hydrogen-bond acceptors (Lipinski definition) is 4. The summed E-state index contributed by atoms with van der Waals surface area (Å²) in [5.74, 6) is 3.09. The van der Waals surface area contributed by atoms with Gasteiger partial charge in [0.15, 0.2) is 0 Å². The van der Waals surface area contributed by atoms with Crippen LogP contribution in [0.4, 0.5) is 11.4 Å². The van der Waals surface area contributed by atoms with E-state index in [1.165, 1.54) is 0 Å². The van der Waals surface area contributed by atoms with E-state index in [1.54, 1.807) is 0 Å². The van der Waals surface area contributed by atoms with E-state index in [-0.39, 0.29) is 0 Å². The molecule has 36 heavy (non-hydrogen) atoms. The standard InChI is InChI=1S/C32H26N2O2/c33-27-9-17-31(18-10-27)35-29-13-5-25(6-14-29)21-23-1-2-24(4-3-23)22-26-7-15-30(16-8-26)36-32-19-11-28(34)12-20-32/h1-22H,33-34H2. The molecule has 4 nitrogen and oxygen atoms in total. The van der Waals surface area contributed by atoms with Crippen molar-refractivity contribution in [3.8, 4) is 23.0 Å². The molecule has 0 atom stereocenters. The molecule has 0 aliphatic rings. The molecule has 0 bridgehead atoms. The fourth-order valence-electron chi connectivity index (χ4n) is 3.68. The third-order valence-electron chi connectivity index (χ3n) is 5.59. The summed E-state index contributed by atoms with van der Waals surface area (Å²) >= 11 is 0. The highest BCUT2D eigenvalue weighted by atomic mass is 16.5. The maximum Gasteiger partial charge on any atom is 0.127 e. The molecule has 0 aromatic heterocycles. The van der Waals surface area contributed by atoms with Crippen molar-refractivity contribution in [1.82, 2.24) is 0 Å². The summed E-state index contributed by atoms with van der Waals surface area (Å²) in [4.78, 5) is 0. The van der Waals surface area contributed by atoms with E-state index < -0.39 is 0 Å². The van der Waals surface area contributed by atoms with Crippen LogP contribution < -0.4 is 31.4 Å². The Kier molecular flexibility index (Phi) is 6.68. The molecule has 0 fully saturated rings. The molecule has 0 spiro atoms. The minimum Gasteiger partial charge on any atom is -0.457 e. The highest BCUT2D eigenvalue weighted by molar-refractivity contribution is 5.54. The Morgan fingerprint density at radius 3 is 0.944 bits per heavy atom. The van der Waals surface area contributed by atoms with Crippen molar-refractivity contribution in [3.05, 3.63) is 143 Å². The smallest absolute Gasteiger partial charge is 0.127 e. The van der Waals surface area contributed by atoms with Crippen LogP contribution in [0.15, 0.2) is 121 Å². The molecule has 0 unspecified atom stereocenters. The summed E-state index contributed by atoms with van der Waals surface area (Å²) in [6.07, 6.45) is 4.28. The van der Waals surface area contributed by atoms with Crippen LogP contribution in [0.2, 0.25) is 0 Å². The number of ether oxygens (including phenoxy) is 2. The van der Waals surface area contributed by atoms with E-state index in [2.05, 4.69) is 36.4 Å². The maximum atomic E-state index is 5.87. The lowest BCUT2D eigenvalue weighted by atomic mass is 10.1. The zero-order chi connectivity index (χ0) is 24.7. The lowest BCUT2D eigenvalue weighted by Crippen LogP contribution is -2.07. The molecule has 4 heteroatoms. The van der Waals surface area contributed by atoms with Crippen LogP contribution in [-0.2, 0) is 0 Å². The van der Waals surface area contributed by atoms with Gasteiger partial charge in [0.25, 0.3) is 0 Å². The lowest BCUT2D eigenvalue weighted by Gasteiger charge is -2.06. The van der Waals surface area contributed by atoms with Crippen molar-refractivity contribution in [2.45, 2.75) is 0 Å². The molecule has 5 aromatic carbocycles. The van der Waals surface area contributed by atoms with Crippen LogP contribution in [0.5, 0.6) is 23.0 Å². The van der Waals surface area contributed by atoms with Crippen LogP contribution in [0.25, 0.3) is 12.2 Å². The predicted molar refractivity (Wildman–Crippen MR) is 148 cm³/mol. The minimum absolute atomic E-state index is 0.717. The molecule has 0 saturated carbocycles. The van der Waals surface area contributed by atoms with Crippen LogP contribution in [0.3, 0.4) is 0 Å². The first kappa shape index (κ1) is 22.8. The third-order valence-corrected chi connectivity index (χ3v) is 5.59. The van der Waals surface area contributed by atoms with Crippen molar-refractivity contribution in [1.29, 1.82) is 0 Å². The van der Waals surface area contributed by atoms with Crippen LogP contribution in [0, 0.1) is 0 Å². The van der Waals surface area contributed by atoms with Gasteiger partial charge in [0, 0.05) is 11.4 Å². The molecule has 0 radical (unpaired) electrons. The SMILES string of the molecule is Nc1ccc(Oc2ccc(C=c3ccc(=Cc4ccc(Oc5ccc(N)cc5)cc4)cc3)cc2)cc1. The normalized spacial score (nSPS) is 10.4. The largest absolute Gasteiger partial charge is 0.457 e. The molecule has 0 aliphatic carbocycles. The Morgan fingerprint density at radius 1 is 0.361 bits per heavy atom. The summed E-state index contributed by atoms with van der Waals surface area (Å²) in [6, 6.07) is 39.2. The molecule has 0 aliphatic heterocycles. The van der Waals surface area contributed by atoms with Crippen molar-refractivity contribution in [3.63, 3.8) is 0 Å². The average molecular weight is 471 g/mol. The lowest BCUT2D eigenvalue weighted by molar-refractivity contribution is 0.482. The summed E-state index contributed by atoms with van der Waals surface area (Å²) in [7, 11) is 0. The molecule has 0 amide bonds. The molecule has 176 valence electrons. The Hall–Kier alpha value is -4.96. The maximum absolute atomic E-state index is 5.87. The number of hydrogen-bond donors (Lipinski definition) is 2. The zero-order valence-corrected chi connectivity index (χ0v) is 19.7. The number of benzene rings is 5. The quantitative estimate of drug-likeness (QED) is 0.295. The fraction of sp³-hybridized carbons (Fsp3) is 0. The fourth-order valence-corrected chi connectivity index (χ4v) is 3.68. The molecular weight excluding hydrogens is 444 g/mol. The number of rotatable bonds is 6. The van der Waals surface area contributed by atoms with Gasteiger partial charge in [-0.3, -0.25) is 0 Å². The molecule has 0 heterocycles. The molecule has 0 saturated heterocycles. The number of nitrogens with two attached hydrogens (primary N) is 2. The van der Waals surface area contributed by atoms with E-state index in [9.17, 15) is 0 Å². The van der Waals surface area contributed by atoms with Gasteiger partial charge in [0.05, 0.1) is 0 Å². The minimum atomic E-state index is 0.717. The summed E-state index contributed by atoms with van der Waals surface area (Å²) in [5, 5.41) is 2.26. The van der Waals surface area contributed by atoms with Gasteiger partial charge in [-0.25, -0.2) is 0 Å².